The normalized spacial score (nSPS) is 12.7. The van der Waals surface area contributed by atoms with Crippen LogP contribution < -0.4 is 0 Å². The number of aromatic nitrogens is 1. The molecule has 0 saturated heterocycles. The number of nitrogens with zero attached hydrogens (tertiary/aromatic N) is 1. The Bertz CT molecular complexity index is 676. The first-order valence-corrected chi connectivity index (χ1v) is 8.33. The van der Waals surface area contributed by atoms with Crippen LogP contribution in [-0.2, 0) is 0 Å². The first-order valence-electron chi connectivity index (χ1n) is 7.16. The van der Waals surface area contributed by atoms with Gasteiger partial charge in [-0.1, -0.05) is 24.6 Å². The van der Waals surface area contributed by atoms with Gasteiger partial charge in [0, 0.05) is 23.0 Å². The van der Waals surface area contributed by atoms with E-state index in [1.807, 2.05) is 31.4 Å². The molecule has 0 aliphatic carbocycles. The number of ketones is 1. The summed E-state index contributed by atoms with van der Waals surface area (Å²) in [5.41, 5.74) is 1.03. The SMILES string of the molecule is CC(CC(=O)c1ccc(Br)n1C(C)C)c1c(F)cccc1Cl. The first-order chi connectivity index (χ1) is 10.3. The molecule has 0 bridgehead atoms. The summed E-state index contributed by atoms with van der Waals surface area (Å²) in [5, 5.41) is 0.362. The van der Waals surface area contributed by atoms with Crippen LogP contribution in [0.3, 0.4) is 0 Å². The number of Topliss-reactive ketones (excluding diaryl/α,β-unsaturated/α-hetero) is 1. The van der Waals surface area contributed by atoms with Gasteiger partial charge in [-0.25, -0.2) is 4.39 Å². The number of benzene rings is 1. The number of carbonyl (C=O) groups is 1. The average Bonchev–Trinajstić information content (AvgIpc) is 2.80. The summed E-state index contributed by atoms with van der Waals surface area (Å²) in [5.74, 6) is -0.671. The van der Waals surface area contributed by atoms with E-state index in [1.165, 1.54) is 6.07 Å². The van der Waals surface area contributed by atoms with Crippen LogP contribution in [0.5, 0.6) is 0 Å². The summed E-state index contributed by atoms with van der Waals surface area (Å²) >= 11 is 9.53. The van der Waals surface area contributed by atoms with Crippen molar-refractivity contribution in [1.82, 2.24) is 4.57 Å². The first kappa shape index (κ1) is 17.2. The summed E-state index contributed by atoms with van der Waals surface area (Å²) in [6.45, 7) is 5.84. The van der Waals surface area contributed by atoms with E-state index in [2.05, 4.69) is 15.9 Å². The van der Waals surface area contributed by atoms with Gasteiger partial charge in [0.15, 0.2) is 5.78 Å². The Morgan fingerprint density at radius 2 is 1.95 bits per heavy atom. The van der Waals surface area contributed by atoms with Gasteiger partial charge in [0.1, 0.15) is 5.82 Å². The number of rotatable bonds is 5. The molecular formula is C17H18BrClFNO. The molecule has 1 aromatic heterocycles. The fraction of sp³-hybridized carbons (Fsp3) is 0.353. The molecule has 1 heterocycles. The van der Waals surface area contributed by atoms with Gasteiger partial charge in [-0.2, -0.15) is 0 Å². The minimum absolute atomic E-state index is 0.0220. The lowest BCUT2D eigenvalue weighted by Gasteiger charge is -2.17. The van der Waals surface area contributed by atoms with E-state index in [-0.39, 0.29) is 30.0 Å². The highest BCUT2D eigenvalue weighted by Crippen LogP contribution is 2.31. The van der Waals surface area contributed by atoms with Crippen LogP contribution in [0, 0.1) is 5.82 Å². The predicted octanol–water partition coefficient (Wildman–Crippen LogP) is 6.00. The smallest absolute Gasteiger partial charge is 0.179 e. The molecule has 2 nitrogen and oxygen atoms in total. The van der Waals surface area contributed by atoms with Gasteiger partial charge in [0.25, 0.3) is 0 Å². The van der Waals surface area contributed by atoms with Gasteiger partial charge in [-0.3, -0.25) is 4.79 Å². The van der Waals surface area contributed by atoms with Crippen molar-refractivity contribution in [2.75, 3.05) is 0 Å². The largest absolute Gasteiger partial charge is 0.330 e. The average molecular weight is 387 g/mol. The Morgan fingerprint density at radius 3 is 2.55 bits per heavy atom. The Hall–Kier alpha value is -1.13. The molecule has 0 aliphatic rings. The van der Waals surface area contributed by atoms with Crippen LogP contribution >= 0.6 is 27.5 Å². The standard InChI is InChI=1S/C17H18BrClFNO/c1-10(2)21-14(7-8-16(21)18)15(22)9-11(3)17-12(19)5-4-6-13(17)20/h4-8,10-11H,9H2,1-3H3. The zero-order valence-corrected chi connectivity index (χ0v) is 15.1. The van der Waals surface area contributed by atoms with Crippen LogP contribution in [-0.4, -0.2) is 10.4 Å². The highest BCUT2D eigenvalue weighted by molar-refractivity contribution is 9.10. The van der Waals surface area contributed by atoms with E-state index in [0.717, 1.165) is 4.60 Å². The zero-order valence-electron chi connectivity index (χ0n) is 12.7. The number of carbonyl (C=O) groups excluding carboxylic acids is 1. The molecule has 0 amide bonds. The second kappa shape index (κ2) is 6.97. The van der Waals surface area contributed by atoms with Crippen LogP contribution in [0.1, 0.15) is 55.2 Å². The Kier molecular flexibility index (Phi) is 5.45. The Labute approximate surface area is 143 Å². The third-order valence-corrected chi connectivity index (χ3v) is 4.63. The van der Waals surface area contributed by atoms with Gasteiger partial charge < -0.3 is 4.57 Å². The van der Waals surface area contributed by atoms with Crippen molar-refractivity contribution in [3.8, 4) is 0 Å². The van der Waals surface area contributed by atoms with E-state index < -0.39 is 0 Å². The topological polar surface area (TPSA) is 22.0 Å². The van der Waals surface area contributed by atoms with Crippen molar-refractivity contribution >= 4 is 33.3 Å². The summed E-state index contributed by atoms with van der Waals surface area (Å²) in [6.07, 6.45) is 0.212. The third kappa shape index (κ3) is 3.44. The van der Waals surface area contributed by atoms with E-state index in [1.54, 1.807) is 18.2 Å². The van der Waals surface area contributed by atoms with Crippen LogP contribution in [0.25, 0.3) is 0 Å². The monoisotopic (exact) mass is 385 g/mol. The molecule has 1 atom stereocenters. The molecule has 118 valence electrons. The van der Waals surface area contributed by atoms with Crippen molar-refractivity contribution in [3.63, 3.8) is 0 Å². The second-order valence-corrected chi connectivity index (χ2v) is 6.89. The minimum atomic E-state index is -0.367. The Balaban J connectivity index is 2.26. The predicted molar refractivity (Wildman–Crippen MR) is 91.3 cm³/mol. The molecule has 2 aromatic rings. The molecule has 1 aromatic carbocycles. The van der Waals surface area contributed by atoms with Gasteiger partial charge in [0.2, 0.25) is 0 Å². The van der Waals surface area contributed by atoms with Gasteiger partial charge in [-0.15, -0.1) is 0 Å². The van der Waals surface area contributed by atoms with Crippen LogP contribution in [0.4, 0.5) is 4.39 Å². The van der Waals surface area contributed by atoms with E-state index in [4.69, 9.17) is 11.6 Å². The molecule has 1 unspecified atom stereocenters. The molecule has 5 heteroatoms. The maximum absolute atomic E-state index is 14.0. The quantitative estimate of drug-likeness (QED) is 0.578. The molecule has 0 radical (unpaired) electrons. The van der Waals surface area contributed by atoms with Crippen LogP contribution in [0.2, 0.25) is 5.02 Å². The van der Waals surface area contributed by atoms with Crippen molar-refractivity contribution in [3.05, 3.63) is 57.0 Å². The molecule has 2 rings (SSSR count). The summed E-state index contributed by atoms with van der Waals surface area (Å²) < 4.78 is 16.7. The molecule has 0 aliphatic heterocycles. The maximum Gasteiger partial charge on any atom is 0.179 e. The van der Waals surface area contributed by atoms with E-state index in [9.17, 15) is 9.18 Å². The van der Waals surface area contributed by atoms with Crippen molar-refractivity contribution in [1.29, 1.82) is 0 Å². The molecule has 0 saturated carbocycles. The van der Waals surface area contributed by atoms with Crippen LogP contribution in [0.15, 0.2) is 34.9 Å². The summed E-state index contributed by atoms with van der Waals surface area (Å²) in [4.78, 5) is 12.6. The highest BCUT2D eigenvalue weighted by atomic mass is 79.9. The Morgan fingerprint density at radius 1 is 1.27 bits per heavy atom. The van der Waals surface area contributed by atoms with Crippen molar-refractivity contribution < 1.29 is 9.18 Å². The fourth-order valence-electron chi connectivity index (χ4n) is 2.64. The minimum Gasteiger partial charge on any atom is -0.330 e. The number of hydrogen-bond donors (Lipinski definition) is 0. The van der Waals surface area contributed by atoms with E-state index >= 15 is 0 Å². The molecule has 0 spiro atoms. The fourth-order valence-corrected chi connectivity index (χ4v) is 3.72. The molecule has 0 N–H and O–H groups in total. The number of halogens is 3. The highest BCUT2D eigenvalue weighted by Gasteiger charge is 2.22. The molecule has 22 heavy (non-hydrogen) atoms. The zero-order chi connectivity index (χ0) is 16.4. The lowest BCUT2D eigenvalue weighted by molar-refractivity contribution is 0.0964. The summed E-state index contributed by atoms with van der Waals surface area (Å²) in [6, 6.07) is 8.40. The molecular weight excluding hydrogens is 369 g/mol. The third-order valence-electron chi connectivity index (χ3n) is 3.65. The van der Waals surface area contributed by atoms with Crippen molar-refractivity contribution in [2.24, 2.45) is 0 Å². The van der Waals surface area contributed by atoms with Gasteiger partial charge in [-0.05, 0) is 60.0 Å². The van der Waals surface area contributed by atoms with E-state index in [0.29, 0.717) is 16.3 Å². The maximum atomic E-state index is 14.0. The number of hydrogen-bond acceptors (Lipinski definition) is 1. The van der Waals surface area contributed by atoms with Crippen molar-refractivity contribution in [2.45, 2.75) is 39.2 Å². The van der Waals surface area contributed by atoms with Gasteiger partial charge >= 0.3 is 0 Å². The lowest BCUT2D eigenvalue weighted by Crippen LogP contribution is -2.14. The van der Waals surface area contributed by atoms with Gasteiger partial charge in [0.05, 0.1) is 10.3 Å². The molecule has 0 fully saturated rings. The second-order valence-electron chi connectivity index (χ2n) is 5.67. The lowest BCUT2D eigenvalue weighted by atomic mass is 9.94. The summed E-state index contributed by atoms with van der Waals surface area (Å²) in [7, 11) is 0.